The SMILES string of the molecule is Nc1cc2c(cc1NCC1CCCOC1)NC(=O)C2. The van der Waals surface area contributed by atoms with Crippen LogP contribution in [0.15, 0.2) is 12.1 Å². The van der Waals surface area contributed by atoms with E-state index in [1.165, 1.54) is 6.42 Å². The summed E-state index contributed by atoms with van der Waals surface area (Å²) >= 11 is 0. The van der Waals surface area contributed by atoms with Crippen molar-refractivity contribution in [1.29, 1.82) is 0 Å². The lowest BCUT2D eigenvalue weighted by atomic mass is 10.0. The largest absolute Gasteiger partial charge is 0.397 e. The summed E-state index contributed by atoms with van der Waals surface area (Å²) in [4.78, 5) is 11.3. The number of nitrogens with two attached hydrogens (primary N) is 1. The van der Waals surface area contributed by atoms with Crippen LogP contribution in [0.3, 0.4) is 0 Å². The van der Waals surface area contributed by atoms with Crippen LogP contribution in [0, 0.1) is 5.92 Å². The van der Waals surface area contributed by atoms with Crippen LogP contribution >= 0.6 is 0 Å². The Labute approximate surface area is 112 Å². The van der Waals surface area contributed by atoms with Crippen molar-refractivity contribution >= 4 is 23.0 Å². The highest BCUT2D eigenvalue weighted by molar-refractivity contribution is 6.00. The quantitative estimate of drug-likeness (QED) is 0.722. The van der Waals surface area contributed by atoms with E-state index in [-0.39, 0.29) is 5.91 Å². The molecule has 5 heteroatoms. The van der Waals surface area contributed by atoms with Crippen LogP contribution in [-0.4, -0.2) is 25.7 Å². The highest BCUT2D eigenvalue weighted by atomic mass is 16.5. The molecule has 1 fully saturated rings. The summed E-state index contributed by atoms with van der Waals surface area (Å²) in [5.74, 6) is 0.572. The van der Waals surface area contributed by atoms with Gasteiger partial charge in [-0.25, -0.2) is 0 Å². The van der Waals surface area contributed by atoms with E-state index < -0.39 is 0 Å². The molecular formula is C14H19N3O2. The van der Waals surface area contributed by atoms with E-state index in [9.17, 15) is 4.79 Å². The minimum Gasteiger partial charge on any atom is -0.397 e. The van der Waals surface area contributed by atoms with Crippen LogP contribution in [0.1, 0.15) is 18.4 Å². The minimum absolute atomic E-state index is 0.0345. The molecule has 2 heterocycles. The first-order valence-electron chi connectivity index (χ1n) is 6.76. The molecular weight excluding hydrogens is 242 g/mol. The van der Waals surface area contributed by atoms with Crippen molar-refractivity contribution in [2.45, 2.75) is 19.3 Å². The van der Waals surface area contributed by atoms with Crippen LogP contribution in [-0.2, 0) is 16.0 Å². The van der Waals surface area contributed by atoms with E-state index in [1.54, 1.807) is 0 Å². The Bertz CT molecular complexity index is 496. The number of nitrogen functional groups attached to an aromatic ring is 1. The molecule has 0 bridgehead atoms. The molecule has 0 saturated carbocycles. The number of amides is 1. The van der Waals surface area contributed by atoms with Gasteiger partial charge in [-0.2, -0.15) is 0 Å². The number of nitrogens with one attached hydrogen (secondary N) is 2. The number of carbonyl (C=O) groups is 1. The molecule has 2 aliphatic heterocycles. The smallest absolute Gasteiger partial charge is 0.228 e. The molecule has 1 unspecified atom stereocenters. The molecule has 5 nitrogen and oxygen atoms in total. The first kappa shape index (κ1) is 12.3. The maximum atomic E-state index is 11.3. The zero-order valence-corrected chi connectivity index (χ0v) is 10.9. The predicted octanol–water partition coefficient (Wildman–Crippen LogP) is 1.60. The summed E-state index contributed by atoms with van der Waals surface area (Å²) < 4.78 is 5.46. The van der Waals surface area contributed by atoms with Crippen molar-refractivity contribution < 1.29 is 9.53 Å². The van der Waals surface area contributed by atoms with E-state index in [2.05, 4.69) is 10.6 Å². The van der Waals surface area contributed by atoms with Gasteiger partial charge in [0.1, 0.15) is 0 Å². The normalized spacial score (nSPS) is 21.9. The van der Waals surface area contributed by atoms with Crippen molar-refractivity contribution in [2.75, 3.05) is 36.1 Å². The molecule has 1 saturated heterocycles. The highest BCUT2D eigenvalue weighted by Gasteiger charge is 2.20. The third-order valence-electron chi connectivity index (χ3n) is 3.74. The topological polar surface area (TPSA) is 76.4 Å². The van der Waals surface area contributed by atoms with Gasteiger partial charge in [-0.15, -0.1) is 0 Å². The summed E-state index contributed by atoms with van der Waals surface area (Å²) in [6.45, 7) is 2.55. The van der Waals surface area contributed by atoms with Gasteiger partial charge in [0, 0.05) is 18.8 Å². The standard InChI is InChI=1S/C14H19N3O2/c15-11-4-10-5-14(18)17-12(10)6-13(11)16-7-9-2-1-3-19-8-9/h4,6,9,16H,1-3,5,7-8,15H2,(H,17,18). The van der Waals surface area contributed by atoms with Gasteiger partial charge >= 0.3 is 0 Å². The molecule has 0 radical (unpaired) electrons. The third kappa shape index (κ3) is 2.66. The average Bonchev–Trinajstić information content (AvgIpc) is 2.76. The second-order valence-electron chi connectivity index (χ2n) is 5.29. The summed E-state index contributed by atoms with van der Waals surface area (Å²) in [7, 11) is 0. The lowest BCUT2D eigenvalue weighted by Crippen LogP contribution is -2.24. The predicted molar refractivity (Wildman–Crippen MR) is 75.2 cm³/mol. The maximum Gasteiger partial charge on any atom is 0.228 e. The van der Waals surface area contributed by atoms with Gasteiger partial charge in [0.05, 0.1) is 24.4 Å². The molecule has 0 aliphatic carbocycles. The van der Waals surface area contributed by atoms with Crippen molar-refractivity contribution in [3.63, 3.8) is 0 Å². The number of carbonyl (C=O) groups excluding carboxylic acids is 1. The van der Waals surface area contributed by atoms with Gasteiger partial charge in [0.25, 0.3) is 0 Å². The number of benzene rings is 1. The zero-order valence-electron chi connectivity index (χ0n) is 10.9. The fourth-order valence-corrected chi connectivity index (χ4v) is 2.67. The van der Waals surface area contributed by atoms with Crippen LogP contribution in [0.4, 0.5) is 17.1 Å². The molecule has 0 spiro atoms. The molecule has 102 valence electrons. The Morgan fingerprint density at radius 3 is 3.16 bits per heavy atom. The first-order valence-corrected chi connectivity index (χ1v) is 6.76. The van der Waals surface area contributed by atoms with Crippen LogP contribution < -0.4 is 16.4 Å². The van der Waals surface area contributed by atoms with Gasteiger partial charge in [-0.3, -0.25) is 4.79 Å². The van der Waals surface area contributed by atoms with E-state index in [0.717, 1.165) is 43.1 Å². The van der Waals surface area contributed by atoms with E-state index >= 15 is 0 Å². The monoisotopic (exact) mass is 261 g/mol. The minimum atomic E-state index is 0.0345. The summed E-state index contributed by atoms with van der Waals surface area (Å²) in [5, 5.41) is 6.21. The van der Waals surface area contributed by atoms with E-state index in [4.69, 9.17) is 10.5 Å². The van der Waals surface area contributed by atoms with Crippen molar-refractivity contribution in [2.24, 2.45) is 5.92 Å². The molecule has 1 atom stereocenters. The Morgan fingerprint density at radius 1 is 1.47 bits per heavy atom. The van der Waals surface area contributed by atoms with Crippen LogP contribution in [0.5, 0.6) is 0 Å². The number of hydrogen-bond acceptors (Lipinski definition) is 4. The van der Waals surface area contributed by atoms with E-state index in [0.29, 0.717) is 18.0 Å². The molecule has 1 aromatic carbocycles. The van der Waals surface area contributed by atoms with Crippen LogP contribution in [0.2, 0.25) is 0 Å². The van der Waals surface area contributed by atoms with Gasteiger partial charge in [0.2, 0.25) is 5.91 Å². The highest BCUT2D eigenvalue weighted by Crippen LogP contribution is 2.31. The summed E-state index contributed by atoms with van der Waals surface area (Å²) in [6.07, 6.45) is 2.74. The summed E-state index contributed by atoms with van der Waals surface area (Å²) in [6, 6.07) is 3.81. The number of fused-ring (bicyclic) bond motifs is 1. The second-order valence-corrected chi connectivity index (χ2v) is 5.29. The van der Waals surface area contributed by atoms with Crippen molar-refractivity contribution in [3.05, 3.63) is 17.7 Å². The number of rotatable bonds is 3. The molecule has 3 rings (SSSR count). The Kier molecular flexibility index (Phi) is 3.29. The molecule has 0 aromatic heterocycles. The number of ether oxygens (including phenoxy) is 1. The molecule has 1 amide bonds. The van der Waals surface area contributed by atoms with Crippen molar-refractivity contribution in [3.8, 4) is 0 Å². The average molecular weight is 261 g/mol. The Balaban J connectivity index is 1.67. The molecule has 4 N–H and O–H groups in total. The lowest BCUT2D eigenvalue weighted by Gasteiger charge is -2.23. The number of hydrogen-bond donors (Lipinski definition) is 3. The molecule has 2 aliphatic rings. The first-order chi connectivity index (χ1) is 9.22. The summed E-state index contributed by atoms with van der Waals surface area (Å²) in [5.41, 5.74) is 9.47. The Morgan fingerprint density at radius 2 is 2.37 bits per heavy atom. The maximum absolute atomic E-state index is 11.3. The van der Waals surface area contributed by atoms with Gasteiger partial charge < -0.3 is 21.1 Å². The zero-order chi connectivity index (χ0) is 13.2. The van der Waals surface area contributed by atoms with Gasteiger partial charge in [-0.05, 0) is 36.5 Å². The second kappa shape index (κ2) is 5.09. The number of anilines is 3. The van der Waals surface area contributed by atoms with Gasteiger partial charge in [0.15, 0.2) is 0 Å². The lowest BCUT2D eigenvalue weighted by molar-refractivity contribution is -0.115. The van der Waals surface area contributed by atoms with Crippen molar-refractivity contribution in [1.82, 2.24) is 0 Å². The molecule has 1 aromatic rings. The fourth-order valence-electron chi connectivity index (χ4n) is 2.67. The van der Waals surface area contributed by atoms with Crippen LogP contribution in [0.25, 0.3) is 0 Å². The third-order valence-corrected chi connectivity index (χ3v) is 3.74. The molecule has 19 heavy (non-hydrogen) atoms. The Hall–Kier alpha value is -1.75. The fraction of sp³-hybridized carbons (Fsp3) is 0.500. The van der Waals surface area contributed by atoms with E-state index in [1.807, 2.05) is 12.1 Å². The van der Waals surface area contributed by atoms with Gasteiger partial charge in [-0.1, -0.05) is 0 Å².